The van der Waals surface area contributed by atoms with Crippen molar-refractivity contribution in [1.82, 2.24) is 20.3 Å². The van der Waals surface area contributed by atoms with Crippen LogP contribution in [0.1, 0.15) is 59.4 Å². The first kappa shape index (κ1) is 17.4. The molecular formula is C20H26N4O. The lowest BCUT2D eigenvalue weighted by atomic mass is 9.97. The predicted octanol–water partition coefficient (Wildman–Crippen LogP) is 3.81. The third kappa shape index (κ3) is 3.98. The van der Waals surface area contributed by atoms with E-state index in [0.29, 0.717) is 12.2 Å². The van der Waals surface area contributed by atoms with E-state index >= 15 is 0 Å². The molecule has 0 atom stereocenters. The average Bonchev–Trinajstić information content (AvgIpc) is 3.00. The number of allylic oxidation sites excluding steroid dienone is 1. The number of carbonyl (C=O) groups excluding carboxylic acids is 1. The number of nitrogens with zero attached hydrogens (tertiary/aromatic N) is 3. The summed E-state index contributed by atoms with van der Waals surface area (Å²) in [4.78, 5) is 12.4. The minimum absolute atomic E-state index is 0.149. The number of amides is 1. The van der Waals surface area contributed by atoms with Gasteiger partial charge >= 0.3 is 0 Å². The Morgan fingerprint density at radius 1 is 1.20 bits per heavy atom. The fraction of sp³-hybridized carbons (Fsp3) is 0.450. The number of benzene rings is 1. The van der Waals surface area contributed by atoms with Crippen molar-refractivity contribution in [3.63, 3.8) is 0 Å². The van der Waals surface area contributed by atoms with Gasteiger partial charge in [0.1, 0.15) is 0 Å². The molecule has 0 saturated heterocycles. The first-order valence-corrected chi connectivity index (χ1v) is 9.02. The summed E-state index contributed by atoms with van der Waals surface area (Å²) in [5.41, 5.74) is 5.98. The molecule has 0 fully saturated rings. The average molecular weight is 338 g/mol. The number of carbonyl (C=O) groups is 1. The molecule has 1 amide bonds. The summed E-state index contributed by atoms with van der Waals surface area (Å²) < 4.78 is 1.73. The molecule has 0 aliphatic heterocycles. The van der Waals surface area contributed by atoms with Crippen LogP contribution >= 0.6 is 0 Å². The third-order valence-electron chi connectivity index (χ3n) is 4.96. The fourth-order valence-corrected chi connectivity index (χ4v) is 3.19. The second kappa shape index (κ2) is 7.64. The highest BCUT2D eigenvalue weighted by molar-refractivity contribution is 5.93. The normalized spacial score (nSPS) is 14.3. The molecule has 1 aliphatic rings. The van der Waals surface area contributed by atoms with Crippen molar-refractivity contribution >= 4 is 5.91 Å². The Kier molecular flexibility index (Phi) is 5.31. The van der Waals surface area contributed by atoms with E-state index in [1.807, 2.05) is 13.0 Å². The van der Waals surface area contributed by atoms with Crippen LogP contribution in [0.15, 0.2) is 29.8 Å². The Morgan fingerprint density at radius 2 is 2.04 bits per heavy atom. The number of nitrogens with one attached hydrogen (secondary N) is 1. The van der Waals surface area contributed by atoms with Gasteiger partial charge in [0.05, 0.1) is 11.4 Å². The van der Waals surface area contributed by atoms with Gasteiger partial charge in [-0.15, -0.1) is 5.10 Å². The highest BCUT2D eigenvalue weighted by Gasteiger charge is 2.17. The number of rotatable bonds is 5. The Hall–Kier alpha value is -2.43. The van der Waals surface area contributed by atoms with Gasteiger partial charge < -0.3 is 5.32 Å². The summed E-state index contributed by atoms with van der Waals surface area (Å²) in [6, 6.07) is 6.12. The van der Waals surface area contributed by atoms with E-state index in [0.717, 1.165) is 24.2 Å². The molecular weight excluding hydrogens is 312 g/mol. The van der Waals surface area contributed by atoms with Gasteiger partial charge in [0, 0.05) is 6.54 Å². The minimum Gasteiger partial charge on any atom is -0.350 e. The molecule has 1 aliphatic carbocycles. The van der Waals surface area contributed by atoms with Gasteiger partial charge in [-0.2, -0.15) is 0 Å². The monoisotopic (exact) mass is 338 g/mol. The van der Waals surface area contributed by atoms with E-state index in [1.54, 1.807) is 4.68 Å². The van der Waals surface area contributed by atoms with Crippen LogP contribution < -0.4 is 5.32 Å². The standard InChI is InChI=1S/C20H26N4O/c1-14-9-10-18(13-15(14)2)24-16(3)19(22-23-24)20(25)21-12-11-17-7-5-4-6-8-17/h7,9-10,13H,4-6,8,11-12H2,1-3H3,(H,21,25). The zero-order valence-electron chi connectivity index (χ0n) is 15.3. The fourth-order valence-electron chi connectivity index (χ4n) is 3.19. The maximum absolute atomic E-state index is 12.4. The predicted molar refractivity (Wildman–Crippen MR) is 99.1 cm³/mol. The number of aryl methyl sites for hydroxylation is 2. The molecule has 0 radical (unpaired) electrons. The molecule has 1 heterocycles. The summed E-state index contributed by atoms with van der Waals surface area (Å²) in [6.45, 7) is 6.68. The van der Waals surface area contributed by atoms with Crippen LogP contribution in [0.2, 0.25) is 0 Å². The van der Waals surface area contributed by atoms with E-state index < -0.39 is 0 Å². The zero-order chi connectivity index (χ0) is 17.8. The summed E-state index contributed by atoms with van der Waals surface area (Å²) in [7, 11) is 0. The summed E-state index contributed by atoms with van der Waals surface area (Å²) in [5, 5.41) is 11.2. The molecule has 5 heteroatoms. The molecule has 1 aromatic heterocycles. The van der Waals surface area contributed by atoms with E-state index in [-0.39, 0.29) is 5.91 Å². The second-order valence-corrected chi connectivity index (χ2v) is 6.82. The van der Waals surface area contributed by atoms with Crippen molar-refractivity contribution in [3.05, 3.63) is 52.4 Å². The number of hydrogen-bond donors (Lipinski definition) is 1. The van der Waals surface area contributed by atoms with E-state index in [2.05, 4.69) is 47.7 Å². The molecule has 1 N–H and O–H groups in total. The van der Waals surface area contributed by atoms with E-state index in [4.69, 9.17) is 0 Å². The van der Waals surface area contributed by atoms with Crippen LogP contribution in [0.5, 0.6) is 0 Å². The van der Waals surface area contributed by atoms with E-state index in [9.17, 15) is 4.79 Å². The summed E-state index contributed by atoms with van der Waals surface area (Å²) in [5.74, 6) is -0.149. The molecule has 3 rings (SSSR count). The summed E-state index contributed by atoms with van der Waals surface area (Å²) in [6.07, 6.45) is 8.14. The Labute approximate surface area is 149 Å². The van der Waals surface area contributed by atoms with Gasteiger partial charge in [0.25, 0.3) is 5.91 Å². The van der Waals surface area contributed by atoms with Gasteiger partial charge in [-0.1, -0.05) is 22.9 Å². The van der Waals surface area contributed by atoms with Crippen LogP contribution in [0, 0.1) is 20.8 Å². The number of aromatic nitrogens is 3. The molecule has 0 bridgehead atoms. The van der Waals surface area contributed by atoms with Crippen molar-refractivity contribution in [1.29, 1.82) is 0 Å². The molecule has 0 saturated carbocycles. The molecule has 25 heavy (non-hydrogen) atoms. The van der Waals surface area contributed by atoms with Gasteiger partial charge in [-0.25, -0.2) is 4.68 Å². The van der Waals surface area contributed by atoms with Crippen molar-refractivity contribution in [2.75, 3.05) is 6.54 Å². The Bertz CT molecular complexity index is 804. The maximum atomic E-state index is 12.4. The van der Waals surface area contributed by atoms with Crippen molar-refractivity contribution < 1.29 is 4.79 Å². The van der Waals surface area contributed by atoms with Gasteiger partial charge in [0.2, 0.25) is 0 Å². The zero-order valence-corrected chi connectivity index (χ0v) is 15.3. The van der Waals surface area contributed by atoms with E-state index in [1.165, 1.54) is 36.0 Å². The first-order valence-electron chi connectivity index (χ1n) is 9.02. The molecule has 0 spiro atoms. The molecule has 0 unspecified atom stereocenters. The molecule has 2 aromatic rings. The van der Waals surface area contributed by atoms with Gasteiger partial charge in [-0.3, -0.25) is 4.79 Å². The van der Waals surface area contributed by atoms with Crippen molar-refractivity contribution in [3.8, 4) is 5.69 Å². The smallest absolute Gasteiger partial charge is 0.273 e. The lowest BCUT2D eigenvalue weighted by Gasteiger charge is -2.12. The minimum atomic E-state index is -0.149. The molecule has 132 valence electrons. The lowest BCUT2D eigenvalue weighted by molar-refractivity contribution is 0.0948. The van der Waals surface area contributed by atoms with Crippen LogP contribution in [0.25, 0.3) is 5.69 Å². The maximum Gasteiger partial charge on any atom is 0.273 e. The van der Waals surface area contributed by atoms with Crippen molar-refractivity contribution in [2.24, 2.45) is 0 Å². The van der Waals surface area contributed by atoms with Crippen molar-refractivity contribution in [2.45, 2.75) is 52.9 Å². The third-order valence-corrected chi connectivity index (χ3v) is 4.96. The van der Waals surface area contributed by atoms with Crippen LogP contribution in [0.4, 0.5) is 0 Å². The second-order valence-electron chi connectivity index (χ2n) is 6.82. The Morgan fingerprint density at radius 3 is 2.76 bits per heavy atom. The summed E-state index contributed by atoms with van der Waals surface area (Å²) >= 11 is 0. The number of hydrogen-bond acceptors (Lipinski definition) is 3. The first-order chi connectivity index (χ1) is 12.1. The van der Waals surface area contributed by atoms with Crippen LogP contribution in [-0.4, -0.2) is 27.4 Å². The highest BCUT2D eigenvalue weighted by atomic mass is 16.2. The van der Waals surface area contributed by atoms with Crippen LogP contribution in [-0.2, 0) is 0 Å². The Balaban J connectivity index is 1.66. The SMILES string of the molecule is Cc1ccc(-n2nnc(C(=O)NCCC3=CCCCC3)c2C)cc1C. The van der Waals surface area contributed by atoms with Crippen LogP contribution in [0.3, 0.4) is 0 Å². The molecule has 5 nitrogen and oxygen atoms in total. The highest BCUT2D eigenvalue weighted by Crippen LogP contribution is 2.19. The largest absolute Gasteiger partial charge is 0.350 e. The lowest BCUT2D eigenvalue weighted by Crippen LogP contribution is -2.26. The van der Waals surface area contributed by atoms with Gasteiger partial charge in [-0.05, 0) is 76.1 Å². The quantitative estimate of drug-likeness (QED) is 0.843. The topological polar surface area (TPSA) is 59.8 Å². The van der Waals surface area contributed by atoms with Gasteiger partial charge in [0.15, 0.2) is 5.69 Å². The molecule has 1 aromatic carbocycles.